The van der Waals surface area contributed by atoms with Crippen molar-refractivity contribution < 1.29 is 14.4 Å². The van der Waals surface area contributed by atoms with E-state index in [-0.39, 0.29) is 5.91 Å². The van der Waals surface area contributed by atoms with Crippen LogP contribution < -0.4 is 10.6 Å². The lowest BCUT2D eigenvalue weighted by Crippen LogP contribution is -2.42. The number of nitrogens with one attached hydrogen (secondary N) is 2. The Labute approximate surface area is 159 Å². The van der Waals surface area contributed by atoms with Crippen LogP contribution >= 0.6 is 15.9 Å². The Balaban J connectivity index is 1.62. The van der Waals surface area contributed by atoms with E-state index in [9.17, 15) is 14.4 Å². The van der Waals surface area contributed by atoms with Crippen LogP contribution in [-0.4, -0.2) is 29.2 Å². The average Bonchev–Trinajstić information content (AvgIpc) is 2.61. The molecular weight excluding hydrogens is 398 g/mol. The minimum atomic E-state index is -0.669. The third-order valence-corrected chi connectivity index (χ3v) is 4.62. The zero-order chi connectivity index (χ0) is 18.7. The van der Waals surface area contributed by atoms with Gasteiger partial charge in [0.2, 0.25) is 5.91 Å². The van der Waals surface area contributed by atoms with Crippen molar-refractivity contribution in [2.75, 3.05) is 17.2 Å². The predicted octanol–water partition coefficient (Wildman–Crippen LogP) is 2.93. The van der Waals surface area contributed by atoms with Gasteiger partial charge in [-0.3, -0.25) is 14.4 Å². The van der Waals surface area contributed by atoms with Crippen LogP contribution in [0.5, 0.6) is 0 Å². The Hall–Kier alpha value is -2.67. The van der Waals surface area contributed by atoms with Crippen molar-refractivity contribution in [2.45, 2.75) is 19.9 Å². The minimum Gasteiger partial charge on any atom is -0.330 e. The van der Waals surface area contributed by atoms with Crippen LogP contribution in [0.3, 0.4) is 0 Å². The summed E-state index contributed by atoms with van der Waals surface area (Å²) in [5.74, 6) is -1.39. The second kappa shape index (κ2) is 7.70. The van der Waals surface area contributed by atoms with Gasteiger partial charge < -0.3 is 15.5 Å². The molecule has 2 N–H and O–H groups in total. The normalized spacial score (nSPS) is 12.9. The number of hydrogen-bond acceptors (Lipinski definition) is 3. The summed E-state index contributed by atoms with van der Waals surface area (Å²) in [7, 11) is 0. The standard InChI is InChI=1S/C19H18BrN3O3/c1-12(24)21-16-4-6-17(7-5-16)22-18(25)19(26)23-9-8-13-10-15(20)3-2-14(13)11-23/h2-7,10H,8-9,11H2,1H3,(H,21,24)(H,22,25). The maximum atomic E-state index is 12.4. The molecule has 0 spiro atoms. The molecule has 3 amide bonds. The fraction of sp³-hybridized carbons (Fsp3) is 0.211. The average molecular weight is 416 g/mol. The maximum Gasteiger partial charge on any atom is 0.313 e. The van der Waals surface area contributed by atoms with Gasteiger partial charge in [0.15, 0.2) is 0 Å². The summed E-state index contributed by atoms with van der Waals surface area (Å²) >= 11 is 3.45. The van der Waals surface area contributed by atoms with Crippen LogP contribution in [0.2, 0.25) is 0 Å². The van der Waals surface area contributed by atoms with Crippen molar-refractivity contribution in [1.29, 1.82) is 0 Å². The van der Waals surface area contributed by atoms with Crippen LogP contribution in [0.25, 0.3) is 0 Å². The van der Waals surface area contributed by atoms with Gasteiger partial charge in [-0.15, -0.1) is 0 Å². The highest BCUT2D eigenvalue weighted by atomic mass is 79.9. The van der Waals surface area contributed by atoms with Gasteiger partial charge in [-0.25, -0.2) is 0 Å². The number of rotatable bonds is 2. The minimum absolute atomic E-state index is 0.172. The lowest BCUT2D eigenvalue weighted by molar-refractivity contribution is -0.143. The smallest absolute Gasteiger partial charge is 0.313 e. The number of halogens is 1. The molecule has 0 radical (unpaired) electrons. The summed E-state index contributed by atoms with van der Waals surface area (Å²) in [5.41, 5.74) is 3.37. The molecule has 1 aliphatic rings. The Morgan fingerprint density at radius 2 is 1.62 bits per heavy atom. The molecule has 6 nitrogen and oxygen atoms in total. The van der Waals surface area contributed by atoms with Crippen molar-refractivity contribution in [1.82, 2.24) is 4.90 Å². The van der Waals surface area contributed by atoms with Crippen LogP contribution in [0.15, 0.2) is 46.9 Å². The molecule has 1 heterocycles. The van der Waals surface area contributed by atoms with Crippen molar-refractivity contribution in [3.63, 3.8) is 0 Å². The van der Waals surface area contributed by atoms with E-state index in [1.807, 2.05) is 18.2 Å². The number of amides is 3. The first kappa shape index (κ1) is 18.1. The summed E-state index contributed by atoms with van der Waals surface area (Å²) in [5, 5.41) is 5.25. The van der Waals surface area contributed by atoms with Crippen LogP contribution in [-0.2, 0) is 27.3 Å². The first-order valence-corrected chi connectivity index (χ1v) is 8.97. The van der Waals surface area contributed by atoms with Gasteiger partial charge in [-0.05, 0) is 53.9 Å². The summed E-state index contributed by atoms with van der Waals surface area (Å²) < 4.78 is 1.01. The van der Waals surface area contributed by atoms with Crippen molar-refractivity contribution >= 4 is 45.0 Å². The third kappa shape index (κ3) is 4.29. The number of anilines is 2. The predicted molar refractivity (Wildman–Crippen MR) is 103 cm³/mol. The van der Waals surface area contributed by atoms with Gasteiger partial charge in [0.1, 0.15) is 0 Å². The van der Waals surface area contributed by atoms with E-state index in [0.717, 1.165) is 16.5 Å². The third-order valence-electron chi connectivity index (χ3n) is 4.13. The Morgan fingerprint density at radius 3 is 2.27 bits per heavy atom. The Morgan fingerprint density at radius 1 is 0.962 bits per heavy atom. The van der Waals surface area contributed by atoms with Gasteiger partial charge in [-0.1, -0.05) is 22.0 Å². The zero-order valence-corrected chi connectivity index (χ0v) is 15.8. The molecule has 0 bridgehead atoms. The van der Waals surface area contributed by atoms with Crippen molar-refractivity contribution in [3.8, 4) is 0 Å². The molecule has 3 rings (SSSR count). The van der Waals surface area contributed by atoms with E-state index in [1.165, 1.54) is 12.5 Å². The first-order chi connectivity index (χ1) is 12.4. The molecule has 0 aromatic heterocycles. The van der Waals surface area contributed by atoms with Gasteiger partial charge in [0.25, 0.3) is 0 Å². The number of nitrogens with zero attached hydrogens (tertiary/aromatic N) is 1. The zero-order valence-electron chi connectivity index (χ0n) is 14.2. The molecule has 0 fully saturated rings. The lowest BCUT2D eigenvalue weighted by atomic mass is 10.00. The summed E-state index contributed by atoms with van der Waals surface area (Å²) in [6.07, 6.45) is 0.721. The topological polar surface area (TPSA) is 78.5 Å². The summed E-state index contributed by atoms with van der Waals surface area (Å²) in [4.78, 5) is 37.3. The van der Waals surface area contributed by atoms with E-state index in [4.69, 9.17) is 0 Å². The van der Waals surface area contributed by atoms with E-state index in [0.29, 0.717) is 24.5 Å². The SMILES string of the molecule is CC(=O)Nc1ccc(NC(=O)C(=O)N2CCc3cc(Br)ccc3C2)cc1. The summed E-state index contributed by atoms with van der Waals surface area (Å²) in [6.45, 7) is 2.36. The molecule has 0 saturated heterocycles. The van der Waals surface area contributed by atoms with Gasteiger partial charge in [-0.2, -0.15) is 0 Å². The molecule has 26 heavy (non-hydrogen) atoms. The van der Waals surface area contributed by atoms with E-state index in [2.05, 4.69) is 26.6 Å². The van der Waals surface area contributed by atoms with Gasteiger partial charge in [0, 0.05) is 35.9 Å². The van der Waals surface area contributed by atoms with E-state index < -0.39 is 11.8 Å². The van der Waals surface area contributed by atoms with Crippen LogP contribution in [0, 0.1) is 0 Å². The second-order valence-electron chi connectivity index (χ2n) is 6.10. The van der Waals surface area contributed by atoms with E-state index >= 15 is 0 Å². The highest BCUT2D eigenvalue weighted by Crippen LogP contribution is 2.23. The Bertz CT molecular complexity index is 865. The largest absolute Gasteiger partial charge is 0.330 e. The molecule has 134 valence electrons. The molecule has 2 aromatic rings. The molecule has 0 unspecified atom stereocenters. The number of benzene rings is 2. The molecule has 7 heteroatoms. The Kier molecular flexibility index (Phi) is 5.37. The highest BCUT2D eigenvalue weighted by Gasteiger charge is 2.25. The number of fused-ring (bicyclic) bond motifs is 1. The van der Waals surface area contributed by atoms with Crippen LogP contribution in [0.4, 0.5) is 11.4 Å². The first-order valence-electron chi connectivity index (χ1n) is 8.17. The number of carbonyl (C=O) groups is 3. The molecular formula is C19H18BrN3O3. The second-order valence-corrected chi connectivity index (χ2v) is 7.02. The molecule has 0 atom stereocenters. The maximum absolute atomic E-state index is 12.4. The molecule has 2 aromatic carbocycles. The summed E-state index contributed by atoms with van der Waals surface area (Å²) in [6, 6.07) is 12.6. The molecule has 0 aliphatic carbocycles. The highest BCUT2D eigenvalue weighted by molar-refractivity contribution is 9.10. The van der Waals surface area contributed by atoms with Gasteiger partial charge >= 0.3 is 11.8 Å². The lowest BCUT2D eigenvalue weighted by Gasteiger charge is -2.28. The quantitative estimate of drug-likeness (QED) is 0.740. The van der Waals surface area contributed by atoms with Crippen molar-refractivity contribution in [2.24, 2.45) is 0 Å². The number of hydrogen-bond donors (Lipinski definition) is 2. The number of carbonyl (C=O) groups excluding carboxylic acids is 3. The fourth-order valence-electron chi connectivity index (χ4n) is 2.86. The molecule has 0 saturated carbocycles. The van der Waals surface area contributed by atoms with Gasteiger partial charge in [0.05, 0.1) is 0 Å². The van der Waals surface area contributed by atoms with Crippen molar-refractivity contribution in [3.05, 3.63) is 58.1 Å². The monoisotopic (exact) mass is 415 g/mol. The molecule has 1 aliphatic heterocycles. The fourth-order valence-corrected chi connectivity index (χ4v) is 3.27. The van der Waals surface area contributed by atoms with Crippen LogP contribution in [0.1, 0.15) is 18.1 Å². The van der Waals surface area contributed by atoms with E-state index in [1.54, 1.807) is 29.2 Å².